The Balaban J connectivity index is 0.000000160. The van der Waals surface area contributed by atoms with Gasteiger partial charge in [0.2, 0.25) is 0 Å². The van der Waals surface area contributed by atoms with Gasteiger partial charge in [-0.2, -0.15) is 0 Å². The van der Waals surface area contributed by atoms with Crippen molar-refractivity contribution in [1.82, 2.24) is 0 Å². The van der Waals surface area contributed by atoms with E-state index in [0.29, 0.717) is 23.9 Å². The van der Waals surface area contributed by atoms with Gasteiger partial charge >= 0.3 is 0 Å². The van der Waals surface area contributed by atoms with Gasteiger partial charge in [-0.15, -0.1) is 12.4 Å². The molecule has 124 valence electrons. The van der Waals surface area contributed by atoms with Crippen molar-refractivity contribution in [1.29, 1.82) is 0 Å². The van der Waals surface area contributed by atoms with E-state index in [2.05, 4.69) is 0 Å². The molecule has 2 aromatic rings. The molecule has 2 saturated carbocycles. The highest BCUT2D eigenvalue weighted by molar-refractivity contribution is 5.85. The molecule has 5 heteroatoms. The van der Waals surface area contributed by atoms with Gasteiger partial charge in [-0.25, -0.2) is 8.78 Å². The van der Waals surface area contributed by atoms with Gasteiger partial charge in [0, 0.05) is 23.9 Å². The molecule has 0 heterocycles. The van der Waals surface area contributed by atoms with Gasteiger partial charge in [0.1, 0.15) is 11.6 Å². The summed E-state index contributed by atoms with van der Waals surface area (Å²) in [6, 6.07) is 13.8. The van der Waals surface area contributed by atoms with E-state index < -0.39 is 0 Å². The van der Waals surface area contributed by atoms with Crippen molar-refractivity contribution < 1.29 is 8.78 Å². The minimum atomic E-state index is -0.178. The van der Waals surface area contributed by atoms with Crippen LogP contribution < -0.4 is 11.5 Å². The van der Waals surface area contributed by atoms with Crippen LogP contribution in [0.2, 0.25) is 0 Å². The van der Waals surface area contributed by atoms with E-state index in [1.54, 1.807) is 0 Å². The molecule has 0 amide bonds. The second-order valence-electron chi connectivity index (χ2n) is 6.12. The maximum absolute atomic E-state index is 12.4. The molecule has 23 heavy (non-hydrogen) atoms. The number of rotatable bonds is 2. The molecule has 2 aromatic carbocycles. The summed E-state index contributed by atoms with van der Waals surface area (Å²) in [4.78, 5) is 0. The van der Waals surface area contributed by atoms with Crippen LogP contribution in [0.1, 0.15) is 35.8 Å². The van der Waals surface area contributed by atoms with Gasteiger partial charge in [-0.1, -0.05) is 24.3 Å². The molecule has 4 N–H and O–H groups in total. The molecular formula is C18H21ClF2N2. The molecule has 2 nitrogen and oxygen atoms in total. The second kappa shape index (κ2) is 7.39. The van der Waals surface area contributed by atoms with Crippen LogP contribution in [0.15, 0.2) is 48.5 Å². The van der Waals surface area contributed by atoms with Crippen LogP contribution in [0.4, 0.5) is 8.78 Å². The van der Waals surface area contributed by atoms with E-state index in [0.717, 1.165) is 12.8 Å². The third-order valence-corrected chi connectivity index (χ3v) is 4.28. The molecule has 2 aliphatic carbocycles. The monoisotopic (exact) mass is 338 g/mol. The number of benzene rings is 2. The summed E-state index contributed by atoms with van der Waals surface area (Å²) in [5, 5.41) is 0. The third kappa shape index (κ3) is 4.74. The summed E-state index contributed by atoms with van der Waals surface area (Å²) in [5.74, 6) is 0.608. The topological polar surface area (TPSA) is 52.0 Å². The predicted molar refractivity (Wildman–Crippen MR) is 90.7 cm³/mol. The lowest BCUT2D eigenvalue weighted by atomic mass is 10.1. The third-order valence-electron chi connectivity index (χ3n) is 4.28. The highest BCUT2D eigenvalue weighted by Gasteiger charge is 2.35. The molecule has 0 unspecified atom stereocenters. The standard InChI is InChI=1S/2C9H10FN.ClH/c2*10-7-3-1-6(2-4-7)8-5-9(8)11;/h2*1-4,8-9H,5,11H2;1H/t2*8-,9+;/m00./s1. The van der Waals surface area contributed by atoms with Gasteiger partial charge in [0.25, 0.3) is 0 Å². The second-order valence-corrected chi connectivity index (χ2v) is 6.12. The minimum absolute atomic E-state index is 0. The fraction of sp³-hybridized carbons (Fsp3) is 0.333. The van der Waals surface area contributed by atoms with Crippen molar-refractivity contribution in [3.63, 3.8) is 0 Å². The van der Waals surface area contributed by atoms with Gasteiger partial charge in [-0.3, -0.25) is 0 Å². The van der Waals surface area contributed by atoms with Crippen LogP contribution >= 0.6 is 12.4 Å². The van der Waals surface area contributed by atoms with E-state index in [-0.39, 0.29) is 24.0 Å². The first-order valence-corrected chi connectivity index (χ1v) is 7.56. The normalized spacial score (nSPS) is 27.3. The Kier molecular flexibility index (Phi) is 5.74. The first kappa shape index (κ1) is 17.9. The van der Waals surface area contributed by atoms with E-state index >= 15 is 0 Å². The molecule has 2 aliphatic rings. The Morgan fingerprint density at radius 2 is 0.913 bits per heavy atom. The first-order valence-electron chi connectivity index (χ1n) is 7.56. The Bertz CT molecular complexity index is 573. The van der Waals surface area contributed by atoms with Gasteiger partial charge in [0.05, 0.1) is 0 Å². The molecule has 0 spiro atoms. The lowest BCUT2D eigenvalue weighted by Crippen LogP contribution is -2.00. The van der Waals surface area contributed by atoms with E-state index in [1.807, 2.05) is 24.3 Å². The van der Waals surface area contributed by atoms with Crippen molar-refractivity contribution in [3.05, 3.63) is 71.3 Å². The Labute approximate surface area is 141 Å². The first-order chi connectivity index (χ1) is 10.5. The SMILES string of the molecule is Cl.N[C@@H]1C[C@H]1c1ccc(F)cc1.N[C@@H]1C[C@H]1c1ccc(F)cc1. The van der Waals surface area contributed by atoms with Gasteiger partial charge in [-0.05, 0) is 48.2 Å². The number of nitrogens with two attached hydrogens (primary N) is 2. The maximum Gasteiger partial charge on any atom is 0.123 e. The average Bonchev–Trinajstić information content (AvgIpc) is 3.41. The van der Waals surface area contributed by atoms with Crippen LogP contribution in [0.5, 0.6) is 0 Å². The largest absolute Gasteiger partial charge is 0.327 e. The molecule has 2 fully saturated rings. The minimum Gasteiger partial charge on any atom is -0.327 e. The summed E-state index contributed by atoms with van der Waals surface area (Å²) >= 11 is 0. The fourth-order valence-electron chi connectivity index (χ4n) is 2.62. The smallest absolute Gasteiger partial charge is 0.123 e. The van der Waals surface area contributed by atoms with Crippen molar-refractivity contribution in [2.24, 2.45) is 11.5 Å². The van der Waals surface area contributed by atoms with Crippen LogP contribution in [-0.2, 0) is 0 Å². The zero-order valence-corrected chi connectivity index (χ0v) is 13.5. The molecule has 4 rings (SSSR count). The summed E-state index contributed by atoms with van der Waals surface area (Å²) in [5.41, 5.74) is 13.6. The van der Waals surface area contributed by atoms with E-state index in [4.69, 9.17) is 11.5 Å². The highest BCUT2D eigenvalue weighted by atomic mass is 35.5. The van der Waals surface area contributed by atoms with Crippen molar-refractivity contribution in [2.45, 2.75) is 36.8 Å². The van der Waals surface area contributed by atoms with E-state index in [9.17, 15) is 8.78 Å². The molecule has 0 aliphatic heterocycles. The molecule has 0 saturated heterocycles. The molecule has 0 bridgehead atoms. The highest BCUT2D eigenvalue weighted by Crippen LogP contribution is 2.39. The summed E-state index contributed by atoms with van der Waals surface area (Å²) in [6.45, 7) is 0. The number of hydrogen-bond donors (Lipinski definition) is 2. The lowest BCUT2D eigenvalue weighted by molar-refractivity contribution is 0.626. The summed E-state index contributed by atoms with van der Waals surface area (Å²) in [7, 11) is 0. The van der Waals surface area contributed by atoms with Crippen LogP contribution in [0.3, 0.4) is 0 Å². The zero-order valence-electron chi connectivity index (χ0n) is 12.7. The molecule has 0 radical (unpaired) electrons. The Hall–Kier alpha value is -1.49. The van der Waals surface area contributed by atoms with E-state index in [1.165, 1.54) is 35.4 Å². The Morgan fingerprint density at radius 1 is 0.652 bits per heavy atom. The molecule has 4 atom stereocenters. The predicted octanol–water partition coefficient (Wildman–Crippen LogP) is 3.70. The van der Waals surface area contributed by atoms with Crippen molar-refractivity contribution in [3.8, 4) is 0 Å². The summed E-state index contributed by atoms with van der Waals surface area (Å²) < 4.78 is 24.9. The number of halogens is 3. The van der Waals surface area contributed by atoms with Crippen LogP contribution in [0, 0.1) is 11.6 Å². The number of hydrogen-bond acceptors (Lipinski definition) is 2. The van der Waals surface area contributed by atoms with Gasteiger partial charge in [0.15, 0.2) is 0 Å². The summed E-state index contributed by atoms with van der Waals surface area (Å²) in [6.07, 6.45) is 2.09. The van der Waals surface area contributed by atoms with Crippen molar-refractivity contribution >= 4 is 12.4 Å². The van der Waals surface area contributed by atoms with Crippen LogP contribution in [0.25, 0.3) is 0 Å². The lowest BCUT2D eigenvalue weighted by Gasteiger charge is -1.96. The molecule has 0 aromatic heterocycles. The van der Waals surface area contributed by atoms with Crippen molar-refractivity contribution in [2.75, 3.05) is 0 Å². The zero-order chi connectivity index (χ0) is 15.7. The maximum atomic E-state index is 12.4. The average molecular weight is 339 g/mol. The molecular weight excluding hydrogens is 318 g/mol. The van der Waals surface area contributed by atoms with Gasteiger partial charge < -0.3 is 11.5 Å². The Morgan fingerprint density at radius 3 is 1.13 bits per heavy atom. The van der Waals surface area contributed by atoms with Crippen LogP contribution in [-0.4, -0.2) is 12.1 Å². The fourth-order valence-corrected chi connectivity index (χ4v) is 2.62. The quantitative estimate of drug-likeness (QED) is 0.877.